The second-order valence-electron chi connectivity index (χ2n) is 2.49. The number of benzene rings is 1. The van der Waals surface area contributed by atoms with Crippen LogP contribution in [0.2, 0.25) is 5.02 Å². The monoisotopic (exact) mass is 214 g/mol. The molecule has 0 amide bonds. The summed E-state index contributed by atoms with van der Waals surface area (Å²) in [7, 11) is 0. The lowest BCUT2D eigenvalue weighted by atomic mass is 10.1. The first kappa shape index (κ1) is 10.4. The first-order valence-electron chi connectivity index (χ1n) is 3.55. The van der Waals surface area contributed by atoms with E-state index in [0.717, 1.165) is 12.1 Å². The zero-order chi connectivity index (χ0) is 10.7. The Morgan fingerprint density at radius 1 is 1.64 bits per heavy atom. The van der Waals surface area contributed by atoms with Crippen molar-refractivity contribution in [2.75, 3.05) is 0 Å². The predicted octanol–water partition coefficient (Wildman–Crippen LogP) is 2.45. The molecule has 0 saturated carbocycles. The highest BCUT2D eigenvalue weighted by molar-refractivity contribution is 6.32. The maximum absolute atomic E-state index is 13.0. The average Bonchev–Trinajstić information content (AvgIpc) is 2.09. The first-order chi connectivity index (χ1) is 6.56. The van der Waals surface area contributed by atoms with E-state index in [1.165, 1.54) is 0 Å². The van der Waals surface area contributed by atoms with Gasteiger partial charge in [-0.3, -0.25) is 10.1 Å². The summed E-state index contributed by atoms with van der Waals surface area (Å²) in [6.45, 7) is 0. The van der Waals surface area contributed by atoms with Crippen molar-refractivity contribution in [1.29, 1.82) is 5.26 Å². The van der Waals surface area contributed by atoms with Gasteiger partial charge in [0.15, 0.2) is 0 Å². The van der Waals surface area contributed by atoms with Crippen molar-refractivity contribution in [1.82, 2.24) is 0 Å². The van der Waals surface area contributed by atoms with Gasteiger partial charge in [-0.1, -0.05) is 11.6 Å². The van der Waals surface area contributed by atoms with Crippen LogP contribution in [0.4, 0.5) is 10.1 Å². The summed E-state index contributed by atoms with van der Waals surface area (Å²) in [4.78, 5) is 9.69. The first-order valence-corrected chi connectivity index (χ1v) is 3.93. The lowest BCUT2D eigenvalue weighted by Gasteiger charge is -1.99. The van der Waals surface area contributed by atoms with Gasteiger partial charge in [-0.15, -0.1) is 0 Å². The van der Waals surface area contributed by atoms with Gasteiger partial charge in [0.1, 0.15) is 10.8 Å². The number of nitriles is 1. The molecule has 0 N–H and O–H groups in total. The van der Waals surface area contributed by atoms with E-state index in [2.05, 4.69) is 0 Å². The number of rotatable bonds is 2. The molecule has 0 heterocycles. The van der Waals surface area contributed by atoms with Crippen LogP contribution in [0.1, 0.15) is 5.56 Å². The Morgan fingerprint density at radius 2 is 2.29 bits per heavy atom. The van der Waals surface area contributed by atoms with E-state index < -0.39 is 16.4 Å². The molecule has 0 fully saturated rings. The lowest BCUT2D eigenvalue weighted by Crippen LogP contribution is -1.95. The number of hydrogen-bond acceptors (Lipinski definition) is 3. The van der Waals surface area contributed by atoms with Crippen LogP contribution in [-0.2, 0) is 6.42 Å². The van der Waals surface area contributed by atoms with Crippen LogP contribution in [0.15, 0.2) is 12.1 Å². The van der Waals surface area contributed by atoms with E-state index in [4.69, 9.17) is 16.9 Å². The summed E-state index contributed by atoms with van der Waals surface area (Å²) in [5.74, 6) is -0.706. The zero-order valence-corrected chi connectivity index (χ0v) is 7.58. The summed E-state index contributed by atoms with van der Waals surface area (Å²) in [6.07, 6.45) is -0.218. The molecule has 0 aliphatic heterocycles. The Kier molecular flexibility index (Phi) is 2.99. The number of hydrogen-bond donors (Lipinski definition) is 0. The summed E-state index contributed by atoms with van der Waals surface area (Å²) in [5.41, 5.74) is -0.415. The molecule has 0 aromatic heterocycles. The van der Waals surface area contributed by atoms with Crippen molar-refractivity contribution >= 4 is 17.3 Å². The molecule has 0 radical (unpaired) electrons. The molecule has 0 atom stereocenters. The van der Waals surface area contributed by atoms with Crippen LogP contribution in [0, 0.1) is 27.3 Å². The van der Waals surface area contributed by atoms with Gasteiger partial charge < -0.3 is 0 Å². The summed E-state index contributed by atoms with van der Waals surface area (Å²) < 4.78 is 13.0. The van der Waals surface area contributed by atoms with Crippen molar-refractivity contribution < 1.29 is 9.31 Å². The fraction of sp³-hybridized carbons (Fsp3) is 0.125. The molecule has 1 aromatic carbocycles. The van der Waals surface area contributed by atoms with Gasteiger partial charge in [-0.2, -0.15) is 5.26 Å². The van der Waals surface area contributed by atoms with Crippen molar-refractivity contribution in [3.8, 4) is 6.07 Å². The third kappa shape index (κ3) is 1.98. The fourth-order valence-electron chi connectivity index (χ4n) is 0.941. The summed E-state index contributed by atoms with van der Waals surface area (Å²) in [5, 5.41) is 18.5. The van der Waals surface area contributed by atoms with E-state index in [1.54, 1.807) is 6.07 Å². The third-order valence-electron chi connectivity index (χ3n) is 1.58. The molecule has 0 aliphatic carbocycles. The molecular formula is C8H4ClFN2O2. The topological polar surface area (TPSA) is 66.9 Å². The highest BCUT2D eigenvalue weighted by Gasteiger charge is 2.16. The Balaban J connectivity index is 3.28. The van der Waals surface area contributed by atoms with Gasteiger partial charge in [-0.05, 0) is 6.07 Å². The maximum Gasteiger partial charge on any atom is 0.288 e. The number of halogens is 2. The van der Waals surface area contributed by atoms with Gasteiger partial charge in [0.05, 0.1) is 17.4 Å². The molecule has 0 bridgehead atoms. The second-order valence-corrected chi connectivity index (χ2v) is 2.89. The van der Waals surface area contributed by atoms with Crippen molar-refractivity contribution in [2.24, 2.45) is 0 Å². The molecular weight excluding hydrogens is 211 g/mol. The molecule has 1 rings (SSSR count). The van der Waals surface area contributed by atoms with Gasteiger partial charge in [-0.25, -0.2) is 4.39 Å². The van der Waals surface area contributed by atoms with Gasteiger partial charge in [0.2, 0.25) is 0 Å². The standard InChI is InChI=1S/C8H4ClFN2O2/c9-6-4-7(10)5(1-2-11)3-8(6)12(13)14/h3-4H,1H2. The molecule has 0 saturated heterocycles. The van der Waals surface area contributed by atoms with Crippen molar-refractivity contribution in [3.05, 3.63) is 38.7 Å². The van der Waals surface area contributed by atoms with E-state index in [0.29, 0.717) is 0 Å². The molecule has 72 valence electrons. The highest BCUT2D eigenvalue weighted by Crippen LogP contribution is 2.27. The van der Waals surface area contributed by atoms with Crippen molar-refractivity contribution in [3.63, 3.8) is 0 Å². The average molecular weight is 215 g/mol. The summed E-state index contributed by atoms with van der Waals surface area (Å²) in [6, 6.07) is 3.52. The quantitative estimate of drug-likeness (QED) is 0.561. The van der Waals surface area contributed by atoms with Gasteiger partial charge >= 0.3 is 0 Å². The molecule has 4 nitrogen and oxygen atoms in total. The Hall–Kier alpha value is -1.67. The number of nitro groups is 1. The SMILES string of the molecule is N#CCc1cc([N+](=O)[O-])c(Cl)cc1F. The molecule has 14 heavy (non-hydrogen) atoms. The number of nitrogens with zero attached hydrogens (tertiary/aromatic N) is 2. The van der Waals surface area contributed by atoms with Crippen molar-refractivity contribution in [2.45, 2.75) is 6.42 Å². The van der Waals surface area contributed by atoms with E-state index in [9.17, 15) is 14.5 Å². The van der Waals surface area contributed by atoms with Crippen LogP contribution < -0.4 is 0 Å². The minimum atomic E-state index is -0.720. The summed E-state index contributed by atoms with van der Waals surface area (Å²) >= 11 is 5.43. The van der Waals surface area contributed by atoms with E-state index in [-0.39, 0.29) is 17.0 Å². The molecule has 1 aromatic rings. The predicted molar refractivity (Wildman–Crippen MR) is 47.4 cm³/mol. The van der Waals surface area contributed by atoms with Crippen LogP contribution in [-0.4, -0.2) is 4.92 Å². The second kappa shape index (κ2) is 4.03. The largest absolute Gasteiger partial charge is 0.288 e. The third-order valence-corrected chi connectivity index (χ3v) is 1.88. The van der Waals surface area contributed by atoms with Gasteiger partial charge in [0.25, 0.3) is 5.69 Å². The number of nitro benzene ring substituents is 1. The minimum Gasteiger partial charge on any atom is -0.258 e. The van der Waals surface area contributed by atoms with Crippen LogP contribution >= 0.6 is 11.6 Å². The molecule has 6 heteroatoms. The van der Waals surface area contributed by atoms with Crippen LogP contribution in [0.25, 0.3) is 0 Å². The Bertz CT molecular complexity index is 428. The smallest absolute Gasteiger partial charge is 0.258 e. The Labute approximate surface area is 83.7 Å². The molecule has 0 spiro atoms. The maximum atomic E-state index is 13.0. The lowest BCUT2D eigenvalue weighted by molar-refractivity contribution is -0.384. The highest BCUT2D eigenvalue weighted by atomic mass is 35.5. The van der Waals surface area contributed by atoms with Gasteiger partial charge in [0, 0.05) is 11.6 Å². The van der Waals surface area contributed by atoms with E-state index >= 15 is 0 Å². The van der Waals surface area contributed by atoms with Crippen LogP contribution in [0.3, 0.4) is 0 Å². The molecule has 0 aliphatic rings. The normalized spacial score (nSPS) is 9.50. The zero-order valence-electron chi connectivity index (χ0n) is 6.83. The molecule has 0 unspecified atom stereocenters. The van der Waals surface area contributed by atoms with Crippen LogP contribution in [0.5, 0.6) is 0 Å². The van der Waals surface area contributed by atoms with E-state index in [1.807, 2.05) is 0 Å². The fourth-order valence-corrected chi connectivity index (χ4v) is 1.16. The Morgan fingerprint density at radius 3 is 2.79 bits per heavy atom. The minimum absolute atomic E-state index is 0.0244.